The lowest BCUT2D eigenvalue weighted by atomic mass is 10.0. The zero-order valence-corrected chi connectivity index (χ0v) is 26.1. The molecule has 0 atom stereocenters. The number of piperidine rings is 1. The summed E-state index contributed by atoms with van der Waals surface area (Å²) < 4.78 is 21.2. The van der Waals surface area contributed by atoms with E-state index in [0.29, 0.717) is 47.8 Å². The summed E-state index contributed by atoms with van der Waals surface area (Å²) in [6, 6.07) is 9.46. The van der Waals surface area contributed by atoms with Gasteiger partial charge in [0, 0.05) is 93.5 Å². The zero-order chi connectivity index (χ0) is 31.6. The molecule has 0 saturated carbocycles. The van der Waals surface area contributed by atoms with E-state index < -0.39 is 5.91 Å². The number of fused-ring (bicyclic) bond motifs is 1. The summed E-state index contributed by atoms with van der Waals surface area (Å²) in [6.07, 6.45) is 7.13. The first-order valence-corrected chi connectivity index (χ1v) is 16.2. The Hall–Kier alpha value is -4.33. The van der Waals surface area contributed by atoms with Gasteiger partial charge in [-0.3, -0.25) is 14.7 Å². The van der Waals surface area contributed by atoms with Crippen LogP contribution in [0.2, 0.25) is 0 Å². The lowest BCUT2D eigenvalue weighted by Gasteiger charge is -2.42. The Morgan fingerprint density at radius 3 is 2.50 bits per heavy atom. The molecule has 242 valence electrons. The summed E-state index contributed by atoms with van der Waals surface area (Å²) in [5.74, 6) is -0.485. The van der Waals surface area contributed by atoms with Crippen LogP contribution in [-0.2, 0) is 4.74 Å². The van der Waals surface area contributed by atoms with E-state index in [4.69, 9.17) is 20.4 Å². The third-order valence-electron chi connectivity index (χ3n) is 9.46. The summed E-state index contributed by atoms with van der Waals surface area (Å²) >= 11 is 0. The molecule has 3 fully saturated rings. The number of amides is 1. The SMILES string of the molecule is CN1CCN(C2CCN(c3ccc(Nc4nc(NC5CCOCC5)c(-c5nccc6[nH]ccc56)nc4C(N)=O)cc3F)CC2)CC1. The Morgan fingerprint density at radius 1 is 0.978 bits per heavy atom. The molecular weight excluding hydrogens is 587 g/mol. The standard InChI is InChI=1S/C33H41FN10O2/c1-42-14-16-43(17-15-42)23-6-12-44(13-7-23)27-3-2-22(20-25(27)34)39-33-30(31(35)45)40-29(28-24-4-10-36-26(24)5-11-37-28)32(41-33)38-21-8-18-46-19-9-21/h2-5,10-11,20-21,23,36H,6-9,12-19H2,1H3,(H2,35,45)(H2,38,39,41). The first-order chi connectivity index (χ1) is 22.4. The zero-order valence-electron chi connectivity index (χ0n) is 26.1. The van der Waals surface area contributed by atoms with Gasteiger partial charge in [-0.05, 0) is 63.1 Å². The van der Waals surface area contributed by atoms with Gasteiger partial charge in [0.05, 0.1) is 5.69 Å². The maximum atomic E-state index is 15.6. The highest BCUT2D eigenvalue weighted by Crippen LogP contribution is 2.34. The highest BCUT2D eigenvalue weighted by molar-refractivity contribution is 6.00. The topological polar surface area (TPSA) is 141 Å². The molecule has 3 aliphatic heterocycles. The van der Waals surface area contributed by atoms with E-state index in [2.05, 4.69) is 42.3 Å². The first kappa shape index (κ1) is 30.3. The number of nitrogens with zero attached hydrogens (tertiary/aromatic N) is 6. The number of ether oxygens (including phenoxy) is 1. The Labute approximate surface area is 267 Å². The van der Waals surface area contributed by atoms with Crippen LogP contribution in [-0.4, -0.2) is 107 Å². The number of hydrogen-bond donors (Lipinski definition) is 4. The maximum Gasteiger partial charge on any atom is 0.271 e. The number of nitrogens with two attached hydrogens (primary N) is 1. The number of halogens is 1. The fourth-order valence-corrected chi connectivity index (χ4v) is 6.80. The minimum atomic E-state index is -0.754. The number of anilines is 4. The molecule has 0 aliphatic carbocycles. The molecule has 1 aromatic carbocycles. The van der Waals surface area contributed by atoms with Crippen LogP contribution in [0.25, 0.3) is 22.3 Å². The van der Waals surface area contributed by atoms with Crippen molar-refractivity contribution in [2.24, 2.45) is 5.73 Å². The van der Waals surface area contributed by atoms with Gasteiger partial charge in [0.2, 0.25) is 0 Å². The first-order valence-electron chi connectivity index (χ1n) is 16.2. The highest BCUT2D eigenvalue weighted by atomic mass is 19.1. The second-order valence-electron chi connectivity index (χ2n) is 12.5. The molecule has 3 aliphatic rings. The molecule has 0 spiro atoms. The van der Waals surface area contributed by atoms with Crippen LogP contribution in [0.15, 0.2) is 42.7 Å². The predicted octanol–water partition coefficient (Wildman–Crippen LogP) is 3.81. The Kier molecular flexibility index (Phi) is 8.69. The number of piperazine rings is 1. The number of benzene rings is 1. The van der Waals surface area contributed by atoms with Crippen LogP contribution in [0.4, 0.5) is 27.4 Å². The molecule has 0 bridgehead atoms. The van der Waals surface area contributed by atoms with Crippen LogP contribution in [0.3, 0.4) is 0 Å². The fraction of sp³-hybridized carbons (Fsp3) is 0.455. The molecule has 13 heteroatoms. The van der Waals surface area contributed by atoms with Crippen molar-refractivity contribution >= 4 is 39.8 Å². The molecule has 4 aromatic rings. The molecule has 3 aromatic heterocycles. The van der Waals surface area contributed by atoms with Crippen LogP contribution in [0.1, 0.15) is 36.2 Å². The lowest BCUT2D eigenvalue weighted by Crippen LogP contribution is -2.52. The number of hydrogen-bond acceptors (Lipinski definition) is 10. The van der Waals surface area contributed by atoms with Gasteiger partial charge in [-0.2, -0.15) is 0 Å². The monoisotopic (exact) mass is 628 g/mol. The van der Waals surface area contributed by atoms with Crippen molar-refractivity contribution < 1.29 is 13.9 Å². The van der Waals surface area contributed by atoms with Crippen molar-refractivity contribution in [3.8, 4) is 11.4 Å². The lowest BCUT2D eigenvalue weighted by molar-refractivity contribution is 0.0904. The van der Waals surface area contributed by atoms with E-state index >= 15 is 4.39 Å². The molecule has 3 saturated heterocycles. The number of likely N-dealkylation sites (N-methyl/N-ethyl adjacent to an activating group) is 1. The number of aromatic nitrogens is 4. The fourth-order valence-electron chi connectivity index (χ4n) is 6.80. The summed E-state index contributed by atoms with van der Waals surface area (Å²) in [5.41, 5.74) is 8.66. The van der Waals surface area contributed by atoms with Gasteiger partial charge in [-0.25, -0.2) is 14.4 Å². The van der Waals surface area contributed by atoms with Gasteiger partial charge in [0.15, 0.2) is 17.3 Å². The van der Waals surface area contributed by atoms with Crippen LogP contribution >= 0.6 is 0 Å². The number of rotatable bonds is 8. The van der Waals surface area contributed by atoms with Crippen molar-refractivity contribution in [3.63, 3.8) is 0 Å². The Balaban J connectivity index is 1.14. The largest absolute Gasteiger partial charge is 0.381 e. The van der Waals surface area contributed by atoms with Crippen LogP contribution in [0, 0.1) is 5.82 Å². The summed E-state index contributed by atoms with van der Waals surface area (Å²) in [6.45, 7) is 7.27. The smallest absolute Gasteiger partial charge is 0.271 e. The average molecular weight is 629 g/mol. The Bertz CT molecular complexity index is 1690. The van der Waals surface area contributed by atoms with Gasteiger partial charge in [0.25, 0.3) is 5.91 Å². The normalized spacial score (nSPS) is 19.0. The van der Waals surface area contributed by atoms with E-state index in [1.165, 1.54) is 6.07 Å². The van der Waals surface area contributed by atoms with Crippen molar-refractivity contribution in [1.29, 1.82) is 0 Å². The molecule has 5 N–H and O–H groups in total. The third-order valence-corrected chi connectivity index (χ3v) is 9.46. The van der Waals surface area contributed by atoms with E-state index in [0.717, 1.165) is 75.9 Å². The molecule has 46 heavy (non-hydrogen) atoms. The van der Waals surface area contributed by atoms with Gasteiger partial charge in [-0.15, -0.1) is 0 Å². The second kappa shape index (κ2) is 13.2. The van der Waals surface area contributed by atoms with E-state index in [1.807, 2.05) is 18.3 Å². The number of pyridine rings is 1. The number of aromatic amines is 1. The van der Waals surface area contributed by atoms with E-state index in [1.54, 1.807) is 18.3 Å². The van der Waals surface area contributed by atoms with Crippen LogP contribution < -0.4 is 21.3 Å². The molecule has 1 amide bonds. The number of carbonyl (C=O) groups is 1. The second-order valence-corrected chi connectivity index (χ2v) is 12.5. The molecule has 7 rings (SSSR count). The molecule has 12 nitrogen and oxygen atoms in total. The van der Waals surface area contributed by atoms with Crippen molar-refractivity contribution in [3.05, 3.63) is 54.2 Å². The summed E-state index contributed by atoms with van der Waals surface area (Å²) in [7, 11) is 2.17. The predicted molar refractivity (Wildman–Crippen MR) is 177 cm³/mol. The average Bonchev–Trinajstić information content (AvgIpc) is 3.56. The minimum Gasteiger partial charge on any atom is -0.381 e. The number of H-pyrrole nitrogens is 1. The number of carbonyl (C=O) groups excluding carboxylic acids is 1. The Morgan fingerprint density at radius 2 is 1.76 bits per heavy atom. The van der Waals surface area contributed by atoms with Crippen molar-refractivity contribution in [2.45, 2.75) is 37.8 Å². The maximum absolute atomic E-state index is 15.6. The van der Waals surface area contributed by atoms with Crippen molar-refractivity contribution in [2.75, 3.05) is 75.1 Å². The number of nitrogens with one attached hydrogen (secondary N) is 3. The summed E-state index contributed by atoms with van der Waals surface area (Å²) in [4.78, 5) is 37.1. The molecule has 6 heterocycles. The van der Waals surface area contributed by atoms with E-state index in [-0.39, 0.29) is 23.4 Å². The quantitative estimate of drug-likeness (QED) is 0.228. The highest BCUT2D eigenvalue weighted by Gasteiger charge is 2.28. The van der Waals surface area contributed by atoms with E-state index in [9.17, 15) is 4.79 Å². The number of primary amides is 1. The van der Waals surface area contributed by atoms with Gasteiger partial charge >= 0.3 is 0 Å². The minimum absolute atomic E-state index is 0.0580. The van der Waals surface area contributed by atoms with Gasteiger partial charge in [-0.1, -0.05) is 0 Å². The van der Waals surface area contributed by atoms with Gasteiger partial charge < -0.3 is 35.9 Å². The molecule has 0 radical (unpaired) electrons. The van der Waals surface area contributed by atoms with Crippen molar-refractivity contribution in [1.82, 2.24) is 29.7 Å². The third kappa shape index (κ3) is 6.35. The molecule has 0 unspecified atom stereocenters. The summed E-state index contributed by atoms with van der Waals surface area (Å²) in [5, 5.41) is 7.48. The van der Waals surface area contributed by atoms with Crippen LogP contribution in [0.5, 0.6) is 0 Å². The molecular formula is C33H41FN10O2. The van der Waals surface area contributed by atoms with Gasteiger partial charge in [0.1, 0.15) is 17.2 Å².